The Morgan fingerprint density at radius 3 is 2.62 bits per heavy atom. The van der Waals surface area contributed by atoms with Crippen molar-refractivity contribution in [1.82, 2.24) is 0 Å². The van der Waals surface area contributed by atoms with Crippen molar-refractivity contribution in [2.45, 2.75) is 43.5 Å². The van der Waals surface area contributed by atoms with Crippen LogP contribution in [0.25, 0.3) is 0 Å². The summed E-state index contributed by atoms with van der Waals surface area (Å²) in [5.74, 6) is 2.27. The number of nitrogens with one attached hydrogen (secondary N) is 1. The zero-order valence-corrected chi connectivity index (χ0v) is 13.1. The van der Waals surface area contributed by atoms with Crippen molar-refractivity contribution in [3.63, 3.8) is 0 Å². The average Bonchev–Trinajstić information content (AvgIpc) is 3.02. The molecule has 1 aromatic carbocycles. The second-order valence-electron chi connectivity index (χ2n) is 6.57. The summed E-state index contributed by atoms with van der Waals surface area (Å²) in [6, 6.07) is 5.07. The van der Waals surface area contributed by atoms with Crippen LogP contribution in [0.15, 0.2) is 23.1 Å². The second-order valence-corrected chi connectivity index (χ2v) is 8.10. The molecule has 0 aliphatic heterocycles. The van der Waals surface area contributed by atoms with Crippen LogP contribution in [0.2, 0.25) is 0 Å². The van der Waals surface area contributed by atoms with Crippen LogP contribution < -0.4 is 16.2 Å². The van der Waals surface area contributed by atoms with Crippen LogP contribution in [0, 0.1) is 17.8 Å². The molecule has 0 spiro atoms. The van der Waals surface area contributed by atoms with Gasteiger partial charge in [-0.25, -0.2) is 13.6 Å². The van der Waals surface area contributed by atoms with E-state index in [2.05, 4.69) is 12.2 Å². The first kappa shape index (κ1) is 14.7. The maximum atomic E-state index is 11.7. The number of nitrogens with two attached hydrogens (primary N) is 2. The van der Waals surface area contributed by atoms with Crippen LogP contribution in [-0.2, 0) is 10.0 Å². The minimum absolute atomic E-state index is 0.0810. The second kappa shape index (κ2) is 5.18. The molecule has 1 aromatic rings. The number of benzene rings is 1. The highest BCUT2D eigenvalue weighted by atomic mass is 32.2. The molecule has 4 unspecified atom stereocenters. The number of primary sulfonamides is 1. The molecule has 2 aliphatic rings. The van der Waals surface area contributed by atoms with E-state index in [1.165, 1.54) is 31.7 Å². The summed E-state index contributed by atoms with van der Waals surface area (Å²) >= 11 is 0. The Morgan fingerprint density at radius 2 is 2.05 bits per heavy atom. The third kappa shape index (κ3) is 2.87. The largest absolute Gasteiger partial charge is 0.399 e. The van der Waals surface area contributed by atoms with Gasteiger partial charge in [-0.3, -0.25) is 0 Å². The first-order valence-corrected chi connectivity index (χ1v) is 9.08. The van der Waals surface area contributed by atoms with Crippen LogP contribution in [0.5, 0.6) is 0 Å². The van der Waals surface area contributed by atoms with Gasteiger partial charge < -0.3 is 11.1 Å². The molecule has 5 nitrogen and oxygen atoms in total. The molecule has 21 heavy (non-hydrogen) atoms. The van der Waals surface area contributed by atoms with E-state index in [0.717, 1.165) is 11.8 Å². The van der Waals surface area contributed by atoms with Gasteiger partial charge in [0, 0.05) is 11.7 Å². The third-order valence-electron chi connectivity index (χ3n) is 5.13. The van der Waals surface area contributed by atoms with E-state index in [1.54, 1.807) is 12.1 Å². The maximum absolute atomic E-state index is 11.7. The van der Waals surface area contributed by atoms with E-state index in [0.29, 0.717) is 17.3 Å². The van der Waals surface area contributed by atoms with Gasteiger partial charge in [0.2, 0.25) is 10.0 Å². The Balaban J connectivity index is 1.82. The van der Waals surface area contributed by atoms with Crippen LogP contribution in [0.3, 0.4) is 0 Å². The fourth-order valence-corrected chi connectivity index (χ4v) is 4.89. The molecular formula is C15H23N3O2S. The lowest BCUT2D eigenvalue weighted by molar-refractivity contribution is 0.304. The Kier molecular flexibility index (Phi) is 3.61. The van der Waals surface area contributed by atoms with Crippen molar-refractivity contribution in [1.29, 1.82) is 0 Å². The highest BCUT2D eigenvalue weighted by Gasteiger charge is 2.41. The van der Waals surface area contributed by atoms with Crippen molar-refractivity contribution >= 4 is 21.4 Å². The molecule has 3 rings (SSSR count). The standard InChI is InChI=1S/C15H23N3O2S/c1-9(13-7-10-2-3-11(13)6-10)18-14-5-4-12(16)8-15(14)21(17,19)20/h4-5,8-11,13,18H,2-3,6-7,16H2,1H3,(H2,17,19,20). The molecule has 4 atom stereocenters. The third-order valence-corrected chi connectivity index (χ3v) is 6.08. The van der Waals surface area contributed by atoms with Gasteiger partial charge in [-0.2, -0.15) is 0 Å². The van der Waals surface area contributed by atoms with E-state index in [-0.39, 0.29) is 10.9 Å². The molecule has 0 amide bonds. The lowest BCUT2D eigenvalue weighted by Crippen LogP contribution is -2.30. The lowest BCUT2D eigenvalue weighted by atomic mass is 9.84. The van der Waals surface area contributed by atoms with Crippen LogP contribution in [0.4, 0.5) is 11.4 Å². The summed E-state index contributed by atoms with van der Waals surface area (Å²) in [6.45, 7) is 2.13. The zero-order valence-electron chi connectivity index (χ0n) is 12.2. The fraction of sp³-hybridized carbons (Fsp3) is 0.600. The predicted molar refractivity (Wildman–Crippen MR) is 84.3 cm³/mol. The Bertz CT molecular complexity index is 644. The van der Waals surface area contributed by atoms with Gasteiger partial charge in [-0.1, -0.05) is 6.42 Å². The Morgan fingerprint density at radius 1 is 1.29 bits per heavy atom. The van der Waals surface area contributed by atoms with Gasteiger partial charge in [0.1, 0.15) is 4.90 Å². The Labute approximate surface area is 126 Å². The van der Waals surface area contributed by atoms with Crippen molar-refractivity contribution in [2.24, 2.45) is 22.9 Å². The normalized spacial score (nSPS) is 29.5. The van der Waals surface area contributed by atoms with E-state index in [9.17, 15) is 8.42 Å². The van der Waals surface area contributed by atoms with E-state index in [4.69, 9.17) is 10.9 Å². The van der Waals surface area contributed by atoms with Crippen molar-refractivity contribution in [3.05, 3.63) is 18.2 Å². The molecule has 2 fully saturated rings. The molecule has 0 radical (unpaired) electrons. The number of sulfonamides is 1. The molecule has 0 aromatic heterocycles. The molecule has 116 valence electrons. The fourth-order valence-electron chi connectivity index (χ4n) is 4.15. The minimum atomic E-state index is -3.78. The lowest BCUT2D eigenvalue weighted by Gasteiger charge is -2.29. The van der Waals surface area contributed by atoms with Gasteiger partial charge in [-0.15, -0.1) is 0 Å². The zero-order chi connectivity index (χ0) is 15.2. The summed E-state index contributed by atoms with van der Waals surface area (Å²) in [7, 11) is -3.78. The molecular weight excluding hydrogens is 286 g/mol. The maximum Gasteiger partial charge on any atom is 0.240 e. The van der Waals surface area contributed by atoms with Gasteiger partial charge in [0.15, 0.2) is 0 Å². The highest BCUT2D eigenvalue weighted by molar-refractivity contribution is 7.89. The van der Waals surface area contributed by atoms with Gasteiger partial charge in [-0.05, 0) is 62.1 Å². The van der Waals surface area contributed by atoms with Crippen LogP contribution in [-0.4, -0.2) is 14.5 Å². The van der Waals surface area contributed by atoms with E-state index >= 15 is 0 Å². The molecule has 2 bridgehead atoms. The van der Waals surface area contributed by atoms with Crippen LogP contribution in [0.1, 0.15) is 32.6 Å². The monoisotopic (exact) mass is 309 g/mol. The van der Waals surface area contributed by atoms with Gasteiger partial charge >= 0.3 is 0 Å². The number of rotatable bonds is 4. The van der Waals surface area contributed by atoms with Gasteiger partial charge in [0.25, 0.3) is 0 Å². The smallest absolute Gasteiger partial charge is 0.240 e. The molecule has 2 aliphatic carbocycles. The number of hydrogen-bond donors (Lipinski definition) is 3. The summed E-state index contributed by atoms with van der Waals surface area (Å²) in [6.07, 6.45) is 5.25. The number of anilines is 2. The first-order valence-electron chi connectivity index (χ1n) is 7.53. The number of fused-ring (bicyclic) bond motifs is 2. The summed E-state index contributed by atoms with van der Waals surface area (Å²) < 4.78 is 23.4. The first-order chi connectivity index (χ1) is 9.84. The minimum Gasteiger partial charge on any atom is -0.399 e. The SMILES string of the molecule is CC(Nc1ccc(N)cc1S(N)(=O)=O)C1CC2CCC1C2. The highest BCUT2D eigenvalue weighted by Crippen LogP contribution is 2.50. The topological polar surface area (TPSA) is 98.2 Å². The quantitative estimate of drug-likeness (QED) is 0.742. The Hall–Kier alpha value is -1.27. The molecule has 0 saturated heterocycles. The average molecular weight is 309 g/mol. The summed E-state index contributed by atoms with van der Waals surface area (Å²) in [5, 5.41) is 8.65. The molecule has 2 saturated carbocycles. The van der Waals surface area contributed by atoms with E-state index in [1.807, 2.05) is 0 Å². The molecule has 0 heterocycles. The van der Waals surface area contributed by atoms with Crippen molar-refractivity contribution in [2.75, 3.05) is 11.1 Å². The molecule has 6 heteroatoms. The summed E-state index contributed by atoms with van der Waals surface area (Å²) in [5.41, 5.74) is 6.64. The number of nitrogen functional groups attached to an aromatic ring is 1. The van der Waals surface area contributed by atoms with Crippen LogP contribution >= 0.6 is 0 Å². The van der Waals surface area contributed by atoms with Gasteiger partial charge in [0.05, 0.1) is 5.69 Å². The van der Waals surface area contributed by atoms with Crippen molar-refractivity contribution in [3.8, 4) is 0 Å². The predicted octanol–water partition coefficient (Wildman–Crippen LogP) is 2.15. The van der Waals surface area contributed by atoms with Crippen molar-refractivity contribution < 1.29 is 8.42 Å². The number of hydrogen-bond acceptors (Lipinski definition) is 4. The molecule has 5 N–H and O–H groups in total. The van der Waals surface area contributed by atoms with E-state index < -0.39 is 10.0 Å². The summed E-state index contributed by atoms with van der Waals surface area (Å²) in [4.78, 5) is 0.0810.